The molecule has 0 saturated heterocycles. The summed E-state index contributed by atoms with van der Waals surface area (Å²) in [4.78, 5) is 0. The maximum atomic E-state index is 2.00. The fraction of sp³-hybridized carbons (Fsp3) is 0. The number of hydrogen-bond donors (Lipinski definition) is 0. The summed E-state index contributed by atoms with van der Waals surface area (Å²) in [5, 5.41) is 0. The molecule has 0 radical (unpaired) electrons. The second-order valence-electron chi connectivity index (χ2n) is 5.39. The topological polar surface area (TPSA) is 0 Å². The molecule has 0 aliphatic heterocycles. The molecule has 0 spiro atoms. The monoisotopic (exact) mass is 364 g/mol. The van der Waals surface area contributed by atoms with Crippen LogP contribution in [0.25, 0.3) is 0 Å². The summed E-state index contributed by atoms with van der Waals surface area (Å²) in [7, 11) is 0. The van der Waals surface area contributed by atoms with E-state index in [-0.39, 0.29) is 0 Å². The van der Waals surface area contributed by atoms with Crippen LogP contribution in [0.3, 0.4) is 0 Å². The first-order chi connectivity index (χ1) is 14.0. The fourth-order valence-corrected chi connectivity index (χ4v) is 1.80. The Morgan fingerprint density at radius 3 is 0.143 bits per heavy atom. The number of allylic oxidation sites excluding steroid dienone is 28. The van der Waals surface area contributed by atoms with Gasteiger partial charge in [-0.2, -0.15) is 0 Å². The lowest BCUT2D eigenvalue weighted by Gasteiger charge is -1.77. The molecule has 28 heavy (non-hydrogen) atoms. The van der Waals surface area contributed by atoms with Crippen LogP contribution in [0, 0.1) is 0 Å². The van der Waals surface area contributed by atoms with Crippen molar-refractivity contribution in [3.8, 4) is 0 Å². The van der Waals surface area contributed by atoms with Crippen molar-refractivity contribution in [2.45, 2.75) is 0 Å². The van der Waals surface area contributed by atoms with E-state index in [2.05, 4.69) is 0 Å². The molecule has 0 aromatic heterocycles. The van der Waals surface area contributed by atoms with Gasteiger partial charge in [0.25, 0.3) is 0 Å². The third-order valence-electron chi connectivity index (χ3n) is 3.11. The van der Waals surface area contributed by atoms with E-state index in [1.807, 2.05) is 170 Å². The van der Waals surface area contributed by atoms with Crippen molar-refractivity contribution in [1.82, 2.24) is 0 Å². The van der Waals surface area contributed by atoms with E-state index >= 15 is 0 Å². The Bertz CT molecular complexity index is 480. The van der Waals surface area contributed by atoms with Crippen LogP contribution in [-0.2, 0) is 0 Å². The Morgan fingerprint density at radius 1 is 0.0714 bits per heavy atom. The van der Waals surface area contributed by atoms with Gasteiger partial charge in [0.05, 0.1) is 0 Å². The largest absolute Gasteiger partial charge is 0.0623 e. The van der Waals surface area contributed by atoms with E-state index in [9.17, 15) is 0 Å². The average molecular weight is 365 g/mol. The molecule has 140 valence electrons. The molecule has 0 nitrogen and oxygen atoms in total. The summed E-state index contributed by atoms with van der Waals surface area (Å²) in [6.07, 6.45) is 56.0. The normalized spacial score (nSPS) is 32.0. The minimum Gasteiger partial charge on any atom is -0.0623 e. The summed E-state index contributed by atoms with van der Waals surface area (Å²) < 4.78 is 0. The zero-order valence-electron chi connectivity index (χ0n) is 16.2. The first-order valence-corrected chi connectivity index (χ1v) is 9.33. The molecule has 0 unspecified atom stereocenters. The lowest BCUT2D eigenvalue weighted by Crippen LogP contribution is -1.55. The van der Waals surface area contributed by atoms with Crippen LogP contribution in [0.4, 0.5) is 0 Å². The Labute approximate surface area is 170 Å². The zero-order chi connectivity index (χ0) is 19.8. The molecule has 1 rings (SSSR count). The molecule has 1 aliphatic carbocycles. The summed E-state index contributed by atoms with van der Waals surface area (Å²) >= 11 is 0. The van der Waals surface area contributed by atoms with E-state index < -0.39 is 0 Å². The van der Waals surface area contributed by atoms with Crippen LogP contribution >= 0.6 is 0 Å². The van der Waals surface area contributed by atoms with E-state index in [1.54, 1.807) is 0 Å². The van der Waals surface area contributed by atoms with Gasteiger partial charge in [-0.25, -0.2) is 0 Å². The summed E-state index contributed by atoms with van der Waals surface area (Å²) in [6, 6.07) is 0. The summed E-state index contributed by atoms with van der Waals surface area (Å²) in [5.74, 6) is 0. The van der Waals surface area contributed by atoms with Gasteiger partial charge in [-0.15, -0.1) is 0 Å². The summed E-state index contributed by atoms with van der Waals surface area (Å²) in [5.41, 5.74) is 0. The van der Waals surface area contributed by atoms with Gasteiger partial charge in [0.15, 0.2) is 0 Å². The van der Waals surface area contributed by atoms with Crippen molar-refractivity contribution in [3.63, 3.8) is 0 Å². The molecule has 0 amide bonds. The predicted octanol–water partition coefficient (Wildman–Crippen LogP) is 7.79. The number of hydrogen-bond acceptors (Lipinski definition) is 0. The van der Waals surface area contributed by atoms with Crippen molar-refractivity contribution >= 4 is 0 Å². The molecular formula is C28H28. The lowest BCUT2D eigenvalue weighted by atomic mass is 10.3. The van der Waals surface area contributed by atoms with Gasteiger partial charge >= 0.3 is 0 Å². The molecule has 0 saturated carbocycles. The van der Waals surface area contributed by atoms with Gasteiger partial charge in [-0.05, 0) is 0 Å². The molecule has 0 aromatic rings. The highest BCUT2D eigenvalue weighted by Gasteiger charge is 1.67. The van der Waals surface area contributed by atoms with Crippen molar-refractivity contribution in [3.05, 3.63) is 170 Å². The predicted molar refractivity (Wildman–Crippen MR) is 128 cm³/mol. The van der Waals surface area contributed by atoms with Crippen LogP contribution in [0.15, 0.2) is 170 Å². The first kappa shape index (κ1) is 22.4. The molecule has 1 aliphatic rings. The molecule has 0 N–H and O–H groups in total. The zero-order valence-corrected chi connectivity index (χ0v) is 16.2. The SMILES string of the molecule is C1=C\C=C\C=C\C=C\C=C\C=C/C=C/C=C\C=C\C=C\C=C\C=C\C=C\C=C/1. The van der Waals surface area contributed by atoms with E-state index in [0.29, 0.717) is 0 Å². The minimum atomic E-state index is 2.00. The Morgan fingerprint density at radius 2 is 0.107 bits per heavy atom. The second-order valence-corrected chi connectivity index (χ2v) is 5.39. The maximum absolute atomic E-state index is 2.00. The number of rotatable bonds is 0. The van der Waals surface area contributed by atoms with Crippen LogP contribution in [0.2, 0.25) is 0 Å². The molecule has 0 bridgehead atoms. The third-order valence-corrected chi connectivity index (χ3v) is 3.11. The fourth-order valence-electron chi connectivity index (χ4n) is 1.80. The summed E-state index contributed by atoms with van der Waals surface area (Å²) in [6.45, 7) is 0. The van der Waals surface area contributed by atoms with Crippen LogP contribution in [0.5, 0.6) is 0 Å². The lowest BCUT2D eigenvalue weighted by molar-refractivity contribution is 1.81. The van der Waals surface area contributed by atoms with Crippen molar-refractivity contribution in [1.29, 1.82) is 0 Å². The Balaban J connectivity index is 2.67. The van der Waals surface area contributed by atoms with Crippen LogP contribution < -0.4 is 0 Å². The molecular weight excluding hydrogens is 336 g/mol. The van der Waals surface area contributed by atoms with Crippen molar-refractivity contribution in [2.24, 2.45) is 0 Å². The van der Waals surface area contributed by atoms with Gasteiger partial charge in [0, 0.05) is 0 Å². The molecule has 0 atom stereocenters. The molecule has 0 heteroatoms. The van der Waals surface area contributed by atoms with Crippen molar-refractivity contribution < 1.29 is 0 Å². The minimum absolute atomic E-state index is 2.00. The van der Waals surface area contributed by atoms with Crippen LogP contribution in [-0.4, -0.2) is 0 Å². The van der Waals surface area contributed by atoms with Crippen LogP contribution in [0.1, 0.15) is 0 Å². The third kappa shape index (κ3) is 17.2. The smallest absolute Gasteiger partial charge is 0.0623 e. The standard InChI is InChI=1S/C28H28/c1-2-4-6-8-10-12-14-16-18-20-22-24-26-28-27-25-23-21-19-17-15-13-11-9-7-5-3-1/h1-28H/b2-1-,3-1?,4-2?,5-3-,6-4+,7-5?,8-6?,9-7+,10-8+,11-9?,12-10?,13-11+,14-12+,15-13?,16-14?,17-15+,18-16+,19-17?,20-18?,21-19+,22-20-,23-21?,24-22?,25-23+,26-24+,27-25?,28-26?,28-27-. The maximum Gasteiger partial charge on any atom is -0.0623 e. The van der Waals surface area contributed by atoms with E-state index in [4.69, 9.17) is 0 Å². The molecule has 0 fully saturated rings. The van der Waals surface area contributed by atoms with E-state index in [0.717, 1.165) is 0 Å². The van der Waals surface area contributed by atoms with Gasteiger partial charge in [0.2, 0.25) is 0 Å². The second kappa shape index (κ2) is 19.7. The van der Waals surface area contributed by atoms with Gasteiger partial charge in [-0.1, -0.05) is 170 Å². The highest BCUT2D eigenvalue weighted by Crippen LogP contribution is 1.89. The quantitative estimate of drug-likeness (QED) is 0.411. The van der Waals surface area contributed by atoms with E-state index in [1.165, 1.54) is 0 Å². The van der Waals surface area contributed by atoms with Gasteiger partial charge in [-0.3, -0.25) is 0 Å². The highest BCUT2D eigenvalue weighted by molar-refractivity contribution is 5.25. The first-order valence-electron chi connectivity index (χ1n) is 9.33. The molecule has 0 heterocycles. The Kier molecular flexibility index (Phi) is 15.7. The van der Waals surface area contributed by atoms with Crippen molar-refractivity contribution in [2.75, 3.05) is 0 Å². The molecule has 0 aromatic carbocycles. The van der Waals surface area contributed by atoms with Gasteiger partial charge in [0.1, 0.15) is 0 Å². The average Bonchev–Trinajstić information content (AvgIpc) is 2.71. The van der Waals surface area contributed by atoms with Gasteiger partial charge < -0.3 is 0 Å². The highest BCUT2D eigenvalue weighted by atomic mass is 13.7. The Hall–Kier alpha value is -3.64.